The molecule has 0 bridgehead atoms. The smallest absolute Gasteiger partial charge is 0.227 e. The molecule has 0 aromatic carbocycles. The van der Waals surface area contributed by atoms with Crippen molar-refractivity contribution in [3.63, 3.8) is 0 Å². The number of hydrogen-bond donors (Lipinski definition) is 0. The van der Waals surface area contributed by atoms with Crippen LogP contribution >= 0.6 is 0 Å². The van der Waals surface area contributed by atoms with E-state index >= 15 is 0 Å². The number of carbonyl (C=O) groups is 1. The van der Waals surface area contributed by atoms with Gasteiger partial charge in [0.05, 0.1) is 0 Å². The van der Waals surface area contributed by atoms with Gasteiger partial charge < -0.3 is 14.7 Å². The van der Waals surface area contributed by atoms with Crippen LogP contribution in [0.4, 0.5) is 11.8 Å². The zero-order valence-electron chi connectivity index (χ0n) is 16.0. The van der Waals surface area contributed by atoms with Crippen molar-refractivity contribution in [2.75, 3.05) is 49.1 Å². The number of amides is 1. The minimum Gasteiger partial charge on any atom is -0.356 e. The topological polar surface area (TPSA) is 52.6 Å². The van der Waals surface area contributed by atoms with E-state index in [1.807, 2.05) is 0 Å². The Morgan fingerprint density at radius 2 is 1.58 bits per heavy atom. The Kier molecular flexibility index (Phi) is 5.27. The number of piperazine rings is 1. The molecule has 0 atom stereocenters. The summed E-state index contributed by atoms with van der Waals surface area (Å²) in [5.74, 6) is 2.55. The predicted molar refractivity (Wildman–Crippen MR) is 104 cm³/mol. The number of aryl methyl sites for hydroxylation is 1. The van der Waals surface area contributed by atoms with E-state index in [0.29, 0.717) is 5.91 Å². The number of rotatable bonds is 3. The van der Waals surface area contributed by atoms with Gasteiger partial charge in [-0.3, -0.25) is 4.79 Å². The predicted octanol–water partition coefficient (Wildman–Crippen LogP) is 2.61. The van der Waals surface area contributed by atoms with Crippen LogP contribution in [-0.4, -0.2) is 60.0 Å². The first-order chi connectivity index (χ1) is 12.7. The summed E-state index contributed by atoms with van der Waals surface area (Å²) in [7, 11) is 0. The van der Waals surface area contributed by atoms with Crippen LogP contribution in [-0.2, 0) is 4.79 Å². The van der Waals surface area contributed by atoms with Crippen LogP contribution in [0.2, 0.25) is 0 Å². The van der Waals surface area contributed by atoms with Crippen LogP contribution in [0.3, 0.4) is 0 Å². The van der Waals surface area contributed by atoms with Gasteiger partial charge in [0, 0.05) is 56.9 Å². The number of piperidine rings is 1. The third-order valence-corrected chi connectivity index (χ3v) is 6.09. The van der Waals surface area contributed by atoms with Gasteiger partial charge in [-0.25, -0.2) is 4.98 Å². The van der Waals surface area contributed by atoms with Crippen LogP contribution in [0.15, 0.2) is 6.07 Å². The van der Waals surface area contributed by atoms with Gasteiger partial charge in [0.2, 0.25) is 11.9 Å². The molecule has 1 aromatic rings. The highest BCUT2D eigenvalue weighted by atomic mass is 16.2. The van der Waals surface area contributed by atoms with Crippen molar-refractivity contribution in [3.8, 4) is 0 Å². The first kappa shape index (κ1) is 17.6. The molecule has 0 radical (unpaired) electrons. The molecule has 0 N–H and O–H groups in total. The molecule has 2 aliphatic heterocycles. The summed E-state index contributed by atoms with van der Waals surface area (Å²) in [5, 5.41) is 0. The molecule has 4 rings (SSSR count). The van der Waals surface area contributed by atoms with Crippen LogP contribution in [0.5, 0.6) is 0 Å². The van der Waals surface area contributed by atoms with Crippen LogP contribution < -0.4 is 9.80 Å². The van der Waals surface area contributed by atoms with E-state index < -0.39 is 0 Å². The Balaban J connectivity index is 1.40. The van der Waals surface area contributed by atoms with E-state index in [2.05, 4.69) is 32.7 Å². The van der Waals surface area contributed by atoms with Crippen molar-refractivity contribution >= 4 is 17.7 Å². The molecule has 0 unspecified atom stereocenters. The average Bonchev–Trinajstić information content (AvgIpc) is 3.22. The van der Waals surface area contributed by atoms with Crippen molar-refractivity contribution in [1.29, 1.82) is 0 Å². The standard InChI is InChI=1S/C20H31N5O/c1-16-15-18(23-9-5-2-6-10-23)22-20(21-16)25-13-11-24(12-14-25)19(26)17-7-3-4-8-17/h15,17H,2-14H2,1H3. The van der Waals surface area contributed by atoms with Gasteiger partial charge in [0.1, 0.15) is 5.82 Å². The Hall–Kier alpha value is -1.85. The maximum atomic E-state index is 12.6. The molecule has 3 fully saturated rings. The fourth-order valence-corrected chi connectivity index (χ4v) is 4.52. The lowest BCUT2D eigenvalue weighted by molar-refractivity contribution is -0.135. The fourth-order valence-electron chi connectivity index (χ4n) is 4.52. The summed E-state index contributed by atoms with van der Waals surface area (Å²) < 4.78 is 0. The molecule has 1 aliphatic carbocycles. The van der Waals surface area contributed by atoms with E-state index in [1.54, 1.807) is 0 Å². The fraction of sp³-hybridized carbons (Fsp3) is 0.750. The van der Waals surface area contributed by atoms with Gasteiger partial charge in [-0.15, -0.1) is 0 Å². The van der Waals surface area contributed by atoms with Crippen LogP contribution in [0, 0.1) is 12.8 Å². The molecule has 2 saturated heterocycles. The Labute approximate surface area is 156 Å². The average molecular weight is 358 g/mol. The van der Waals surface area contributed by atoms with Gasteiger partial charge >= 0.3 is 0 Å². The number of nitrogens with zero attached hydrogens (tertiary/aromatic N) is 5. The number of anilines is 2. The van der Waals surface area contributed by atoms with Gasteiger partial charge in [-0.1, -0.05) is 12.8 Å². The molecular weight excluding hydrogens is 326 g/mol. The van der Waals surface area contributed by atoms with Crippen molar-refractivity contribution in [2.45, 2.75) is 51.9 Å². The van der Waals surface area contributed by atoms with Crippen molar-refractivity contribution < 1.29 is 4.79 Å². The highest BCUT2D eigenvalue weighted by molar-refractivity contribution is 5.79. The monoisotopic (exact) mass is 357 g/mol. The third kappa shape index (κ3) is 3.79. The van der Waals surface area contributed by atoms with Crippen molar-refractivity contribution in [2.24, 2.45) is 5.92 Å². The van der Waals surface area contributed by atoms with E-state index in [-0.39, 0.29) is 5.92 Å². The molecule has 26 heavy (non-hydrogen) atoms. The Morgan fingerprint density at radius 3 is 2.27 bits per heavy atom. The highest BCUT2D eigenvalue weighted by Crippen LogP contribution is 2.27. The molecule has 1 amide bonds. The SMILES string of the molecule is Cc1cc(N2CCCCC2)nc(N2CCN(C(=O)C3CCCC3)CC2)n1. The van der Waals surface area contributed by atoms with Gasteiger partial charge in [-0.2, -0.15) is 4.98 Å². The second-order valence-electron chi connectivity index (χ2n) is 8.01. The second-order valence-corrected chi connectivity index (χ2v) is 8.01. The molecule has 1 saturated carbocycles. The zero-order chi connectivity index (χ0) is 17.9. The maximum absolute atomic E-state index is 12.6. The molecule has 6 nitrogen and oxygen atoms in total. The lowest BCUT2D eigenvalue weighted by Gasteiger charge is -2.36. The van der Waals surface area contributed by atoms with Crippen LogP contribution in [0.1, 0.15) is 50.6 Å². The maximum Gasteiger partial charge on any atom is 0.227 e. The second kappa shape index (κ2) is 7.80. The van der Waals surface area contributed by atoms with E-state index in [4.69, 9.17) is 4.98 Å². The van der Waals surface area contributed by atoms with Crippen LogP contribution in [0.25, 0.3) is 0 Å². The van der Waals surface area contributed by atoms with E-state index in [1.165, 1.54) is 32.1 Å². The molecule has 3 aliphatic rings. The molecule has 1 aromatic heterocycles. The number of hydrogen-bond acceptors (Lipinski definition) is 5. The highest BCUT2D eigenvalue weighted by Gasteiger charge is 2.30. The minimum absolute atomic E-state index is 0.280. The van der Waals surface area contributed by atoms with Gasteiger partial charge in [0.15, 0.2) is 0 Å². The normalized spacial score (nSPS) is 22.1. The molecule has 6 heteroatoms. The lowest BCUT2D eigenvalue weighted by atomic mass is 10.1. The molecule has 3 heterocycles. The zero-order valence-corrected chi connectivity index (χ0v) is 16.0. The first-order valence-electron chi connectivity index (χ1n) is 10.3. The molecule has 0 spiro atoms. The number of aromatic nitrogens is 2. The Bertz CT molecular complexity index is 629. The van der Waals surface area contributed by atoms with E-state index in [0.717, 1.165) is 69.6 Å². The summed E-state index contributed by atoms with van der Waals surface area (Å²) >= 11 is 0. The Morgan fingerprint density at radius 1 is 0.885 bits per heavy atom. The summed E-state index contributed by atoms with van der Waals surface area (Å²) in [5.41, 5.74) is 1.03. The summed E-state index contributed by atoms with van der Waals surface area (Å²) in [6.07, 6.45) is 8.42. The summed E-state index contributed by atoms with van der Waals surface area (Å²) in [6.45, 7) is 7.51. The van der Waals surface area contributed by atoms with E-state index in [9.17, 15) is 4.79 Å². The third-order valence-electron chi connectivity index (χ3n) is 6.09. The summed E-state index contributed by atoms with van der Waals surface area (Å²) in [4.78, 5) is 28.9. The van der Waals surface area contributed by atoms with Gasteiger partial charge in [0.25, 0.3) is 0 Å². The summed E-state index contributed by atoms with van der Waals surface area (Å²) in [6, 6.07) is 2.11. The number of carbonyl (C=O) groups excluding carboxylic acids is 1. The van der Waals surface area contributed by atoms with Crippen molar-refractivity contribution in [1.82, 2.24) is 14.9 Å². The molecule has 142 valence electrons. The molecular formula is C20H31N5O. The first-order valence-corrected chi connectivity index (χ1v) is 10.3. The largest absolute Gasteiger partial charge is 0.356 e. The minimum atomic E-state index is 0.280. The quantitative estimate of drug-likeness (QED) is 0.832. The lowest BCUT2D eigenvalue weighted by Crippen LogP contribution is -2.50. The van der Waals surface area contributed by atoms with Crippen molar-refractivity contribution in [3.05, 3.63) is 11.8 Å². The van der Waals surface area contributed by atoms with Gasteiger partial charge in [-0.05, 0) is 39.0 Å².